The second-order valence-electron chi connectivity index (χ2n) is 8.32. The van der Waals surface area contributed by atoms with Crippen LogP contribution >= 0.6 is 0 Å². The Hall–Kier alpha value is -4.34. The van der Waals surface area contributed by atoms with Crippen LogP contribution in [0.2, 0.25) is 0 Å². The molecular weight excluding hydrogens is 435 g/mol. The van der Waals surface area contributed by atoms with E-state index >= 15 is 0 Å². The number of H-pyrrole nitrogens is 1. The largest absolute Gasteiger partial charge is 0.361 e. The average molecular weight is 459 g/mol. The molecule has 5 rings (SSSR count). The Labute approximate surface area is 194 Å². The average Bonchev–Trinajstić information content (AvgIpc) is 3.41. The van der Waals surface area contributed by atoms with Crippen LogP contribution in [0.15, 0.2) is 55.1 Å². The van der Waals surface area contributed by atoms with Gasteiger partial charge in [0.1, 0.15) is 11.9 Å². The van der Waals surface area contributed by atoms with Gasteiger partial charge in [-0.2, -0.15) is 14.6 Å². The number of aromatic amines is 1. The zero-order valence-electron chi connectivity index (χ0n) is 19.0. The zero-order chi connectivity index (χ0) is 23.8. The molecule has 4 heterocycles. The summed E-state index contributed by atoms with van der Waals surface area (Å²) in [5.74, 6) is 0.0155. The topological polar surface area (TPSA) is 104 Å². The van der Waals surface area contributed by atoms with Crippen molar-refractivity contribution in [3.05, 3.63) is 72.1 Å². The van der Waals surface area contributed by atoms with Crippen molar-refractivity contribution in [3.8, 4) is 11.4 Å². The summed E-state index contributed by atoms with van der Waals surface area (Å²) in [6.45, 7) is 1.88. The minimum absolute atomic E-state index is 0.116. The van der Waals surface area contributed by atoms with Crippen molar-refractivity contribution >= 4 is 28.4 Å². The van der Waals surface area contributed by atoms with E-state index in [1.54, 1.807) is 24.8 Å². The number of carbonyl (C=O) groups excluding carboxylic acids is 1. The lowest BCUT2D eigenvalue weighted by atomic mass is 10.0. The molecule has 0 aliphatic rings. The summed E-state index contributed by atoms with van der Waals surface area (Å²) < 4.78 is 15.4. The number of pyridine rings is 1. The zero-order valence-corrected chi connectivity index (χ0v) is 19.0. The molecule has 1 aromatic carbocycles. The number of nitrogens with one attached hydrogen (secondary N) is 2. The Morgan fingerprint density at radius 1 is 1.21 bits per heavy atom. The fraction of sp³-hybridized carbons (Fsp3) is 0.208. The second-order valence-corrected chi connectivity index (χ2v) is 8.32. The van der Waals surface area contributed by atoms with Crippen LogP contribution in [0.25, 0.3) is 27.9 Å². The molecule has 0 unspecified atom stereocenters. The molecule has 0 spiro atoms. The van der Waals surface area contributed by atoms with Crippen LogP contribution in [0.4, 0.5) is 10.3 Å². The molecule has 0 saturated heterocycles. The third-order valence-corrected chi connectivity index (χ3v) is 5.65. The van der Waals surface area contributed by atoms with Gasteiger partial charge in [0.05, 0.1) is 12.4 Å². The third kappa shape index (κ3) is 3.94. The Morgan fingerprint density at radius 3 is 2.82 bits per heavy atom. The normalized spacial score (nSPS) is 12.2. The lowest BCUT2D eigenvalue weighted by Gasteiger charge is -2.22. The first-order valence-corrected chi connectivity index (χ1v) is 10.8. The van der Waals surface area contributed by atoms with E-state index in [0.29, 0.717) is 23.6 Å². The molecule has 0 bridgehead atoms. The summed E-state index contributed by atoms with van der Waals surface area (Å²) in [4.78, 5) is 31.0. The van der Waals surface area contributed by atoms with Crippen LogP contribution in [-0.4, -0.2) is 60.5 Å². The summed E-state index contributed by atoms with van der Waals surface area (Å²) >= 11 is 0. The molecule has 1 amide bonds. The molecule has 10 heteroatoms. The Bertz CT molecular complexity index is 1510. The Morgan fingerprint density at radius 2 is 2.03 bits per heavy atom. The van der Waals surface area contributed by atoms with E-state index < -0.39 is 11.9 Å². The van der Waals surface area contributed by atoms with Crippen molar-refractivity contribution in [1.29, 1.82) is 0 Å². The molecule has 0 saturated carbocycles. The highest BCUT2D eigenvalue weighted by molar-refractivity contribution is 5.87. The van der Waals surface area contributed by atoms with Gasteiger partial charge in [-0.25, -0.2) is 9.37 Å². The van der Waals surface area contributed by atoms with E-state index in [9.17, 15) is 9.18 Å². The van der Waals surface area contributed by atoms with E-state index in [1.807, 2.05) is 37.4 Å². The van der Waals surface area contributed by atoms with E-state index in [0.717, 1.165) is 28.2 Å². The third-order valence-electron chi connectivity index (χ3n) is 5.65. The van der Waals surface area contributed by atoms with Crippen molar-refractivity contribution in [1.82, 2.24) is 34.4 Å². The van der Waals surface area contributed by atoms with Gasteiger partial charge >= 0.3 is 0 Å². The smallest absolute Gasteiger partial charge is 0.244 e. The van der Waals surface area contributed by atoms with Crippen molar-refractivity contribution < 1.29 is 9.18 Å². The molecule has 0 radical (unpaired) electrons. The van der Waals surface area contributed by atoms with Gasteiger partial charge in [-0.15, -0.1) is 0 Å². The van der Waals surface area contributed by atoms with Gasteiger partial charge in [-0.1, -0.05) is 18.2 Å². The first kappa shape index (κ1) is 21.5. The van der Waals surface area contributed by atoms with Gasteiger partial charge in [0.2, 0.25) is 11.9 Å². The number of fused-ring (bicyclic) bond motifs is 2. The van der Waals surface area contributed by atoms with E-state index in [-0.39, 0.29) is 11.7 Å². The van der Waals surface area contributed by atoms with E-state index in [4.69, 9.17) is 0 Å². The lowest BCUT2D eigenvalue weighted by Crippen LogP contribution is -2.41. The summed E-state index contributed by atoms with van der Waals surface area (Å²) in [6, 6.07) is 8.64. The Kier molecular flexibility index (Phi) is 5.40. The number of nitrogens with zero attached hydrogens (tertiary/aromatic N) is 6. The maximum atomic E-state index is 13.8. The number of hydrogen-bond acceptors (Lipinski definition) is 6. The molecule has 1 atom stereocenters. The number of benzene rings is 1. The summed E-state index contributed by atoms with van der Waals surface area (Å²) in [6.07, 6.45) is 6.63. The van der Waals surface area contributed by atoms with Crippen molar-refractivity contribution in [3.63, 3.8) is 0 Å². The van der Waals surface area contributed by atoms with Gasteiger partial charge in [-0.3, -0.25) is 9.78 Å². The number of aromatic nitrogens is 6. The minimum atomic E-state index is -0.629. The number of halogens is 1. The standard InChI is InChI=1S/C24H23FN8O/c1-14-10-28-33-22(14)30-21(16-8-17(25)13-26-11-16)31-24(33)29-20(23(34)32(2)3)9-15-12-27-19-7-5-4-6-18(15)19/h4-8,10-13,20,27H,9H2,1-3H3,(H,29,30,31)/t20-/m0/s1. The molecule has 9 nitrogen and oxygen atoms in total. The number of likely N-dealkylation sites (N-methyl/N-ethyl adjacent to an activating group) is 1. The molecule has 5 aromatic rings. The van der Waals surface area contributed by atoms with Gasteiger partial charge in [0.15, 0.2) is 11.5 Å². The van der Waals surface area contributed by atoms with Crippen molar-refractivity contribution in [2.45, 2.75) is 19.4 Å². The van der Waals surface area contributed by atoms with E-state index in [1.165, 1.54) is 17.2 Å². The van der Waals surface area contributed by atoms with Crippen LogP contribution in [0.5, 0.6) is 0 Å². The minimum Gasteiger partial charge on any atom is -0.361 e. The van der Waals surface area contributed by atoms with Gasteiger partial charge in [-0.05, 0) is 24.6 Å². The van der Waals surface area contributed by atoms with Crippen molar-refractivity contribution in [2.24, 2.45) is 0 Å². The van der Waals surface area contributed by atoms with Crippen LogP contribution < -0.4 is 5.32 Å². The number of aryl methyl sites for hydroxylation is 1. The van der Waals surface area contributed by atoms with Gasteiger partial charge in [0, 0.05) is 54.9 Å². The molecular formula is C24H23FN8O. The number of para-hydroxylation sites is 1. The summed E-state index contributed by atoms with van der Waals surface area (Å²) in [5.41, 5.74) is 3.81. The van der Waals surface area contributed by atoms with Crippen LogP contribution in [-0.2, 0) is 11.2 Å². The monoisotopic (exact) mass is 458 g/mol. The van der Waals surface area contributed by atoms with Gasteiger partial charge in [0.25, 0.3) is 0 Å². The fourth-order valence-electron chi connectivity index (χ4n) is 3.93. The molecule has 34 heavy (non-hydrogen) atoms. The predicted molar refractivity (Wildman–Crippen MR) is 127 cm³/mol. The first-order chi connectivity index (χ1) is 16.4. The second kappa shape index (κ2) is 8.54. The maximum absolute atomic E-state index is 13.8. The number of hydrogen-bond donors (Lipinski definition) is 2. The highest BCUT2D eigenvalue weighted by atomic mass is 19.1. The molecule has 0 fully saturated rings. The van der Waals surface area contributed by atoms with Crippen molar-refractivity contribution in [2.75, 3.05) is 19.4 Å². The number of rotatable bonds is 6. The highest BCUT2D eigenvalue weighted by Crippen LogP contribution is 2.23. The molecule has 0 aliphatic carbocycles. The SMILES string of the molecule is Cc1cnn2c(N[C@@H](Cc3c[nH]c4ccccc34)C(=O)N(C)C)nc(-c3cncc(F)c3)nc12. The Balaban J connectivity index is 1.58. The lowest BCUT2D eigenvalue weighted by molar-refractivity contribution is -0.129. The quantitative estimate of drug-likeness (QED) is 0.405. The number of anilines is 1. The maximum Gasteiger partial charge on any atom is 0.244 e. The summed E-state index contributed by atoms with van der Waals surface area (Å²) in [5, 5.41) is 8.71. The molecule has 0 aliphatic heterocycles. The van der Waals surface area contributed by atoms with Gasteiger partial charge < -0.3 is 15.2 Å². The molecule has 172 valence electrons. The van der Waals surface area contributed by atoms with Crippen LogP contribution in [0.1, 0.15) is 11.1 Å². The van der Waals surface area contributed by atoms with E-state index in [2.05, 4.69) is 30.4 Å². The van der Waals surface area contributed by atoms with Crippen LogP contribution in [0, 0.1) is 12.7 Å². The fourth-order valence-corrected chi connectivity index (χ4v) is 3.93. The highest BCUT2D eigenvalue weighted by Gasteiger charge is 2.25. The number of amides is 1. The summed E-state index contributed by atoms with van der Waals surface area (Å²) in [7, 11) is 3.42. The molecule has 4 aromatic heterocycles. The molecule has 2 N–H and O–H groups in total. The first-order valence-electron chi connectivity index (χ1n) is 10.8. The predicted octanol–water partition coefficient (Wildman–Crippen LogP) is 3.23. The number of carbonyl (C=O) groups is 1. The van der Waals surface area contributed by atoms with Crippen LogP contribution in [0.3, 0.4) is 0 Å².